The van der Waals surface area contributed by atoms with Crippen molar-refractivity contribution >= 4 is 61.3 Å². The van der Waals surface area contributed by atoms with Crippen LogP contribution in [0.1, 0.15) is 48.9 Å². The highest BCUT2D eigenvalue weighted by molar-refractivity contribution is 7.21. The number of pyridine rings is 1. The number of thiophene rings is 2. The summed E-state index contributed by atoms with van der Waals surface area (Å²) in [6.45, 7) is 0. The lowest BCUT2D eigenvalue weighted by Crippen LogP contribution is -2.15. The number of fused-ring (bicyclic) bond motifs is 2. The Kier molecular flexibility index (Phi) is 5.88. The predicted molar refractivity (Wildman–Crippen MR) is 139 cm³/mol. The summed E-state index contributed by atoms with van der Waals surface area (Å²) in [6, 6.07) is 11.4. The summed E-state index contributed by atoms with van der Waals surface area (Å²) in [5.74, 6) is -0.847. The molecule has 0 fully saturated rings. The highest BCUT2D eigenvalue weighted by Crippen LogP contribution is 2.44. The number of nitriles is 1. The number of rotatable bonds is 4. The number of amides is 1. The molecule has 0 saturated carbocycles. The quantitative estimate of drug-likeness (QED) is 0.333. The van der Waals surface area contributed by atoms with Gasteiger partial charge in [-0.15, -0.1) is 22.7 Å². The average molecular weight is 504 g/mol. The Balaban J connectivity index is 1.63. The second-order valence-electron chi connectivity index (χ2n) is 8.11. The molecule has 1 aliphatic rings. The molecule has 176 valence electrons. The fraction of sp³-hybridized carbons (Fsp3) is 0.200. The van der Waals surface area contributed by atoms with E-state index in [4.69, 9.17) is 16.2 Å². The molecule has 3 heterocycles. The number of ether oxygens (including phenoxy) is 1. The number of hydrogen-bond acceptors (Lipinski definition) is 9. The summed E-state index contributed by atoms with van der Waals surface area (Å²) < 4.78 is 5.00. The number of nitrogens with one attached hydrogen (secondary N) is 1. The minimum Gasteiger partial charge on any atom is -0.465 e. The molecule has 0 spiro atoms. The van der Waals surface area contributed by atoms with Crippen LogP contribution in [0.15, 0.2) is 30.3 Å². The van der Waals surface area contributed by atoms with Gasteiger partial charge in [-0.2, -0.15) is 5.26 Å². The molecule has 35 heavy (non-hydrogen) atoms. The molecule has 5 N–H and O–H groups in total. The second kappa shape index (κ2) is 9.02. The van der Waals surface area contributed by atoms with Gasteiger partial charge in [-0.05, 0) is 36.8 Å². The molecule has 1 aromatic carbocycles. The Morgan fingerprint density at radius 2 is 1.89 bits per heavy atom. The summed E-state index contributed by atoms with van der Waals surface area (Å²) in [5.41, 5.74) is 15.7. The Hall–Kier alpha value is -3.94. The number of esters is 1. The number of nitrogen functional groups attached to an aromatic ring is 2. The summed E-state index contributed by atoms with van der Waals surface area (Å²) in [4.78, 5) is 32.1. The van der Waals surface area contributed by atoms with Gasteiger partial charge in [0.15, 0.2) is 0 Å². The molecule has 0 aliphatic heterocycles. The van der Waals surface area contributed by atoms with Crippen molar-refractivity contribution < 1.29 is 14.3 Å². The molecule has 5 rings (SSSR count). The maximum Gasteiger partial charge on any atom is 0.341 e. The number of methoxy groups -OCH3 is 1. The van der Waals surface area contributed by atoms with Crippen LogP contribution >= 0.6 is 22.7 Å². The summed E-state index contributed by atoms with van der Waals surface area (Å²) in [6.07, 6.45) is 3.67. The highest BCUT2D eigenvalue weighted by atomic mass is 32.1. The van der Waals surface area contributed by atoms with E-state index in [2.05, 4.69) is 16.4 Å². The van der Waals surface area contributed by atoms with Crippen molar-refractivity contribution in [2.24, 2.45) is 0 Å². The molecule has 0 unspecified atom stereocenters. The number of anilines is 3. The largest absolute Gasteiger partial charge is 0.465 e. The zero-order valence-corrected chi connectivity index (χ0v) is 20.4. The minimum atomic E-state index is -0.469. The number of aryl methyl sites for hydroxylation is 1. The van der Waals surface area contributed by atoms with Crippen LogP contribution in [0, 0.1) is 11.3 Å². The summed E-state index contributed by atoms with van der Waals surface area (Å²) >= 11 is 2.50. The second-order valence-corrected chi connectivity index (χ2v) is 10.2. The summed E-state index contributed by atoms with van der Waals surface area (Å²) in [7, 11) is 1.33. The molecular formula is C25H21N5O3S2. The van der Waals surface area contributed by atoms with E-state index >= 15 is 0 Å². The molecule has 8 nitrogen and oxygen atoms in total. The number of nitrogens with two attached hydrogens (primary N) is 2. The highest BCUT2D eigenvalue weighted by Gasteiger charge is 2.29. The molecular weight excluding hydrogens is 482 g/mol. The third-order valence-electron chi connectivity index (χ3n) is 6.07. The van der Waals surface area contributed by atoms with Crippen molar-refractivity contribution in [2.45, 2.75) is 25.7 Å². The Morgan fingerprint density at radius 1 is 1.14 bits per heavy atom. The molecule has 0 bridgehead atoms. The van der Waals surface area contributed by atoms with E-state index in [9.17, 15) is 14.9 Å². The first-order chi connectivity index (χ1) is 16.9. The maximum absolute atomic E-state index is 13.4. The molecule has 1 amide bonds. The number of aromatic nitrogens is 1. The van der Waals surface area contributed by atoms with Gasteiger partial charge in [-0.25, -0.2) is 9.78 Å². The third kappa shape index (κ3) is 3.79. The molecule has 4 aromatic rings. The van der Waals surface area contributed by atoms with E-state index in [1.54, 1.807) is 0 Å². The first-order valence-corrected chi connectivity index (χ1v) is 12.6. The third-order valence-corrected chi connectivity index (χ3v) is 8.38. The fourth-order valence-corrected chi connectivity index (χ4v) is 6.76. The Morgan fingerprint density at radius 3 is 2.60 bits per heavy atom. The number of benzene rings is 1. The zero-order valence-electron chi connectivity index (χ0n) is 18.8. The Labute approximate surface area is 209 Å². The van der Waals surface area contributed by atoms with Crippen LogP contribution in [0.25, 0.3) is 21.3 Å². The van der Waals surface area contributed by atoms with Gasteiger partial charge >= 0.3 is 5.97 Å². The number of carbonyl (C=O) groups excluding carboxylic acids is 2. The van der Waals surface area contributed by atoms with Crippen molar-refractivity contribution in [2.75, 3.05) is 23.9 Å². The maximum atomic E-state index is 13.4. The molecule has 0 saturated heterocycles. The van der Waals surface area contributed by atoms with Crippen molar-refractivity contribution in [3.05, 3.63) is 56.8 Å². The van der Waals surface area contributed by atoms with Gasteiger partial charge in [0.25, 0.3) is 5.91 Å². The predicted octanol–water partition coefficient (Wildman–Crippen LogP) is 4.98. The van der Waals surface area contributed by atoms with Crippen LogP contribution in [0.4, 0.5) is 16.5 Å². The first-order valence-electron chi connectivity index (χ1n) is 11.0. The average Bonchev–Trinajstić information content (AvgIpc) is 3.40. The minimum absolute atomic E-state index is 0.0750. The first kappa shape index (κ1) is 22.8. The van der Waals surface area contributed by atoms with Crippen LogP contribution in [-0.4, -0.2) is 24.0 Å². The van der Waals surface area contributed by atoms with Crippen LogP contribution < -0.4 is 16.8 Å². The number of hydrogen-bond donors (Lipinski definition) is 3. The fourth-order valence-electron chi connectivity index (χ4n) is 4.48. The van der Waals surface area contributed by atoms with E-state index in [1.807, 2.05) is 30.3 Å². The van der Waals surface area contributed by atoms with E-state index in [-0.39, 0.29) is 21.9 Å². The van der Waals surface area contributed by atoms with Crippen molar-refractivity contribution in [3.8, 4) is 17.2 Å². The lowest BCUT2D eigenvalue weighted by molar-refractivity contribution is 0.0601. The van der Waals surface area contributed by atoms with Gasteiger partial charge in [0.05, 0.1) is 18.4 Å². The zero-order chi connectivity index (χ0) is 24.7. The number of carbonyl (C=O) groups is 2. The molecule has 0 atom stereocenters. The molecule has 10 heteroatoms. The van der Waals surface area contributed by atoms with Gasteiger partial charge in [-0.1, -0.05) is 30.3 Å². The van der Waals surface area contributed by atoms with Gasteiger partial charge in [0, 0.05) is 15.8 Å². The standard InChI is InChI=1S/C25H21N5O3S2/c1-33-25(32)17-13-9-5-6-10-15(13)34-23(17)30-22(31)20-19(27)18-16(12-7-3-2-4-8-12)14(11-26)21(28)29-24(18)35-20/h2-4,7-8H,5-6,9-10,27H2,1H3,(H2,28,29)(H,30,31). The Bertz CT molecular complexity index is 1530. The lowest BCUT2D eigenvalue weighted by atomic mass is 9.95. The molecule has 3 aromatic heterocycles. The van der Waals surface area contributed by atoms with Gasteiger partial charge in [-0.3, -0.25) is 4.79 Å². The topological polar surface area (TPSA) is 144 Å². The smallest absolute Gasteiger partial charge is 0.341 e. The molecule has 0 radical (unpaired) electrons. The normalized spacial score (nSPS) is 12.7. The monoisotopic (exact) mass is 503 g/mol. The van der Waals surface area contributed by atoms with Crippen LogP contribution in [-0.2, 0) is 17.6 Å². The van der Waals surface area contributed by atoms with Crippen LogP contribution in [0.5, 0.6) is 0 Å². The lowest BCUT2D eigenvalue weighted by Gasteiger charge is -2.11. The molecule has 1 aliphatic carbocycles. The van der Waals surface area contributed by atoms with Crippen molar-refractivity contribution in [1.82, 2.24) is 4.98 Å². The van der Waals surface area contributed by atoms with E-state index in [0.717, 1.165) is 53.0 Å². The summed E-state index contributed by atoms with van der Waals surface area (Å²) in [5, 5.41) is 13.6. The van der Waals surface area contributed by atoms with Crippen molar-refractivity contribution in [1.29, 1.82) is 5.26 Å². The van der Waals surface area contributed by atoms with Crippen LogP contribution in [0.2, 0.25) is 0 Å². The van der Waals surface area contributed by atoms with Gasteiger partial charge < -0.3 is 21.5 Å². The van der Waals surface area contributed by atoms with Crippen LogP contribution in [0.3, 0.4) is 0 Å². The van der Waals surface area contributed by atoms with E-state index in [1.165, 1.54) is 18.4 Å². The van der Waals surface area contributed by atoms with Gasteiger partial charge in [0.2, 0.25) is 0 Å². The van der Waals surface area contributed by atoms with E-state index in [0.29, 0.717) is 26.3 Å². The van der Waals surface area contributed by atoms with Crippen molar-refractivity contribution in [3.63, 3.8) is 0 Å². The van der Waals surface area contributed by atoms with Gasteiger partial charge in [0.1, 0.15) is 32.2 Å². The SMILES string of the molecule is COC(=O)c1c(NC(=O)c2sc3nc(N)c(C#N)c(-c4ccccc4)c3c2N)sc2c1CCCC2. The number of nitrogens with zero attached hydrogens (tertiary/aromatic N) is 2. The van der Waals surface area contributed by atoms with E-state index < -0.39 is 11.9 Å².